The predicted molar refractivity (Wildman–Crippen MR) is 85.9 cm³/mol. The minimum atomic E-state index is -0.169. The Morgan fingerprint density at radius 2 is 2.05 bits per heavy atom. The van der Waals surface area contributed by atoms with E-state index in [1.165, 1.54) is 0 Å². The summed E-state index contributed by atoms with van der Waals surface area (Å²) in [5.74, 6) is 1.20. The quantitative estimate of drug-likeness (QED) is 0.804. The number of hydrogen-bond acceptors (Lipinski definition) is 4. The highest BCUT2D eigenvalue weighted by Gasteiger charge is 2.14. The second-order valence-corrected chi connectivity index (χ2v) is 5.20. The van der Waals surface area contributed by atoms with E-state index in [9.17, 15) is 4.79 Å². The number of nitrogens with one attached hydrogen (secondary N) is 1. The lowest BCUT2D eigenvalue weighted by Crippen LogP contribution is -2.25. The Balaban J connectivity index is 1.75. The first-order chi connectivity index (χ1) is 10.6. The molecule has 112 valence electrons. The molecule has 5 heteroatoms. The fourth-order valence-electron chi connectivity index (χ4n) is 2.32. The summed E-state index contributed by atoms with van der Waals surface area (Å²) in [6.07, 6.45) is 1.67. The van der Waals surface area contributed by atoms with E-state index in [2.05, 4.69) is 10.3 Å². The zero-order valence-corrected chi connectivity index (χ0v) is 12.5. The molecule has 1 amide bonds. The Labute approximate surface area is 128 Å². The Kier molecular flexibility index (Phi) is 3.78. The predicted octanol–water partition coefficient (Wildman–Crippen LogP) is 2.82. The third kappa shape index (κ3) is 2.79. The molecule has 2 aromatic heterocycles. The summed E-state index contributed by atoms with van der Waals surface area (Å²) in [5, 5.41) is 3.90. The van der Waals surface area contributed by atoms with Crippen molar-refractivity contribution in [2.45, 2.75) is 6.54 Å². The number of carbonyl (C=O) groups is 1. The molecule has 0 saturated heterocycles. The molecule has 0 spiro atoms. The SMILES string of the molecule is CN(C)c1ncccc1C(=O)NCc1cc2ccccc2o1. The molecule has 5 nitrogen and oxygen atoms in total. The summed E-state index contributed by atoms with van der Waals surface area (Å²) in [6, 6.07) is 13.2. The van der Waals surface area contributed by atoms with Crippen molar-refractivity contribution in [1.29, 1.82) is 0 Å². The van der Waals surface area contributed by atoms with E-state index < -0.39 is 0 Å². The minimum Gasteiger partial charge on any atom is -0.459 e. The van der Waals surface area contributed by atoms with Crippen molar-refractivity contribution in [2.24, 2.45) is 0 Å². The molecule has 0 unspecified atom stereocenters. The fourth-order valence-corrected chi connectivity index (χ4v) is 2.32. The van der Waals surface area contributed by atoms with E-state index in [4.69, 9.17) is 4.42 Å². The summed E-state index contributed by atoms with van der Waals surface area (Å²) in [7, 11) is 3.72. The van der Waals surface area contributed by atoms with E-state index >= 15 is 0 Å². The second kappa shape index (κ2) is 5.89. The van der Waals surface area contributed by atoms with Crippen LogP contribution in [-0.4, -0.2) is 25.0 Å². The molecule has 1 aromatic carbocycles. The highest BCUT2D eigenvalue weighted by Crippen LogP contribution is 2.19. The Hall–Kier alpha value is -2.82. The molecule has 0 aliphatic heterocycles. The van der Waals surface area contributed by atoms with Gasteiger partial charge in [-0.05, 0) is 24.3 Å². The monoisotopic (exact) mass is 295 g/mol. The smallest absolute Gasteiger partial charge is 0.255 e. The number of para-hydroxylation sites is 1. The number of nitrogens with zero attached hydrogens (tertiary/aromatic N) is 2. The van der Waals surface area contributed by atoms with E-state index in [1.54, 1.807) is 18.3 Å². The topological polar surface area (TPSA) is 58.4 Å². The van der Waals surface area contributed by atoms with Crippen molar-refractivity contribution in [2.75, 3.05) is 19.0 Å². The van der Waals surface area contributed by atoms with Gasteiger partial charge in [-0.25, -0.2) is 4.98 Å². The van der Waals surface area contributed by atoms with Gasteiger partial charge in [0.15, 0.2) is 0 Å². The average molecular weight is 295 g/mol. The number of aromatic nitrogens is 1. The van der Waals surface area contributed by atoms with Crippen LogP contribution in [0.3, 0.4) is 0 Å². The van der Waals surface area contributed by atoms with Crippen LogP contribution in [0.4, 0.5) is 5.82 Å². The number of amides is 1. The van der Waals surface area contributed by atoms with Gasteiger partial charge in [-0.3, -0.25) is 4.79 Å². The maximum absolute atomic E-state index is 12.3. The van der Waals surface area contributed by atoms with Crippen LogP contribution in [0.1, 0.15) is 16.1 Å². The van der Waals surface area contributed by atoms with E-state index in [0.29, 0.717) is 17.9 Å². The van der Waals surface area contributed by atoms with E-state index in [0.717, 1.165) is 16.7 Å². The van der Waals surface area contributed by atoms with Crippen LogP contribution in [0.25, 0.3) is 11.0 Å². The number of furan rings is 1. The molecule has 0 atom stereocenters. The molecule has 1 N–H and O–H groups in total. The summed E-state index contributed by atoms with van der Waals surface area (Å²) in [6.45, 7) is 0.343. The molecule has 2 heterocycles. The van der Waals surface area contributed by atoms with Crippen molar-refractivity contribution in [3.8, 4) is 0 Å². The maximum atomic E-state index is 12.3. The third-order valence-electron chi connectivity index (χ3n) is 3.35. The second-order valence-electron chi connectivity index (χ2n) is 5.20. The van der Waals surface area contributed by atoms with Crippen LogP contribution in [0.5, 0.6) is 0 Å². The van der Waals surface area contributed by atoms with Crippen molar-refractivity contribution in [3.63, 3.8) is 0 Å². The number of hydrogen-bond donors (Lipinski definition) is 1. The molecule has 0 bridgehead atoms. The lowest BCUT2D eigenvalue weighted by Gasteiger charge is -2.15. The molecule has 22 heavy (non-hydrogen) atoms. The first-order valence-electron chi connectivity index (χ1n) is 7.03. The maximum Gasteiger partial charge on any atom is 0.255 e. The van der Waals surface area contributed by atoms with Crippen molar-refractivity contribution in [1.82, 2.24) is 10.3 Å². The Morgan fingerprint density at radius 1 is 1.23 bits per heavy atom. The van der Waals surface area contributed by atoms with E-state index in [-0.39, 0.29) is 5.91 Å². The number of anilines is 1. The first-order valence-corrected chi connectivity index (χ1v) is 7.03. The Bertz CT molecular complexity index is 775. The third-order valence-corrected chi connectivity index (χ3v) is 3.35. The molecule has 0 aliphatic carbocycles. The molecule has 3 aromatic rings. The van der Waals surface area contributed by atoms with Gasteiger partial charge in [0.2, 0.25) is 0 Å². The van der Waals surface area contributed by atoms with Gasteiger partial charge in [0.05, 0.1) is 12.1 Å². The summed E-state index contributed by atoms with van der Waals surface area (Å²) in [4.78, 5) is 18.4. The highest BCUT2D eigenvalue weighted by atomic mass is 16.3. The largest absolute Gasteiger partial charge is 0.459 e. The minimum absolute atomic E-state index is 0.169. The van der Waals surface area contributed by atoms with Gasteiger partial charge in [-0.2, -0.15) is 0 Å². The molecular weight excluding hydrogens is 278 g/mol. The van der Waals surface area contributed by atoms with Crippen LogP contribution >= 0.6 is 0 Å². The van der Waals surface area contributed by atoms with Gasteiger partial charge in [-0.1, -0.05) is 18.2 Å². The number of rotatable bonds is 4. The van der Waals surface area contributed by atoms with Crippen LogP contribution in [0.2, 0.25) is 0 Å². The zero-order valence-electron chi connectivity index (χ0n) is 12.5. The fraction of sp³-hybridized carbons (Fsp3) is 0.176. The molecule has 0 radical (unpaired) electrons. The lowest BCUT2D eigenvalue weighted by molar-refractivity contribution is 0.0948. The summed E-state index contributed by atoms with van der Waals surface area (Å²) >= 11 is 0. The molecule has 3 rings (SSSR count). The molecule has 0 fully saturated rings. The summed E-state index contributed by atoms with van der Waals surface area (Å²) in [5.41, 5.74) is 1.37. The number of pyridine rings is 1. The van der Waals surface area contributed by atoms with Gasteiger partial charge in [-0.15, -0.1) is 0 Å². The van der Waals surface area contributed by atoms with Crippen LogP contribution in [0, 0.1) is 0 Å². The summed E-state index contributed by atoms with van der Waals surface area (Å²) < 4.78 is 5.69. The van der Waals surface area contributed by atoms with Crippen molar-refractivity contribution < 1.29 is 9.21 Å². The van der Waals surface area contributed by atoms with Crippen LogP contribution in [0.15, 0.2) is 53.1 Å². The number of carbonyl (C=O) groups excluding carboxylic acids is 1. The molecule has 0 aliphatic rings. The van der Waals surface area contributed by atoms with E-state index in [1.807, 2.05) is 49.3 Å². The Morgan fingerprint density at radius 3 is 2.82 bits per heavy atom. The van der Waals surface area contributed by atoms with Gasteiger partial charge in [0, 0.05) is 25.7 Å². The van der Waals surface area contributed by atoms with Gasteiger partial charge < -0.3 is 14.6 Å². The van der Waals surface area contributed by atoms with Gasteiger partial charge >= 0.3 is 0 Å². The highest BCUT2D eigenvalue weighted by molar-refractivity contribution is 5.98. The van der Waals surface area contributed by atoms with Crippen LogP contribution < -0.4 is 10.2 Å². The number of fused-ring (bicyclic) bond motifs is 1. The van der Waals surface area contributed by atoms with Gasteiger partial charge in [0.1, 0.15) is 17.2 Å². The van der Waals surface area contributed by atoms with Crippen LogP contribution in [-0.2, 0) is 6.54 Å². The van der Waals surface area contributed by atoms with Crippen molar-refractivity contribution in [3.05, 3.63) is 60.0 Å². The zero-order chi connectivity index (χ0) is 15.5. The molecular formula is C17H17N3O2. The van der Waals surface area contributed by atoms with Gasteiger partial charge in [0.25, 0.3) is 5.91 Å². The molecule has 0 saturated carbocycles. The number of benzene rings is 1. The standard InChI is InChI=1S/C17H17N3O2/c1-20(2)16-14(7-5-9-18-16)17(21)19-11-13-10-12-6-3-4-8-15(12)22-13/h3-10H,11H2,1-2H3,(H,19,21). The first kappa shape index (κ1) is 14.1. The van der Waals surface area contributed by atoms with Crippen molar-refractivity contribution >= 4 is 22.7 Å². The normalized spacial score (nSPS) is 10.6. The lowest BCUT2D eigenvalue weighted by atomic mass is 10.2. The average Bonchev–Trinajstić information content (AvgIpc) is 2.95.